The van der Waals surface area contributed by atoms with Crippen LogP contribution in [0.5, 0.6) is 0 Å². The molecule has 0 aliphatic carbocycles. The van der Waals surface area contributed by atoms with Crippen molar-refractivity contribution >= 4 is 45.4 Å². The molecule has 0 atom stereocenters. The third-order valence-electron chi connectivity index (χ3n) is 3.89. The van der Waals surface area contributed by atoms with Crippen LogP contribution in [0.25, 0.3) is 11.3 Å². The Balaban J connectivity index is 1.93. The van der Waals surface area contributed by atoms with E-state index in [9.17, 15) is 25.0 Å². The van der Waals surface area contributed by atoms with Crippen molar-refractivity contribution in [2.24, 2.45) is 0 Å². The Kier molecular flexibility index (Phi) is 5.34. The number of rotatable bonds is 5. The molecule has 11 heteroatoms. The monoisotopic (exact) mass is 418 g/mol. The minimum Gasteiger partial charge on any atom is -0.298 e. The van der Waals surface area contributed by atoms with Crippen molar-refractivity contribution in [2.75, 3.05) is 5.32 Å². The van der Waals surface area contributed by atoms with Gasteiger partial charge < -0.3 is 0 Å². The number of aromatic nitrogens is 1. The topological polar surface area (TPSA) is 128 Å². The molecule has 1 N–H and O–H groups in total. The lowest BCUT2D eigenvalue weighted by atomic mass is 10.0. The van der Waals surface area contributed by atoms with E-state index < -0.39 is 27.1 Å². The van der Waals surface area contributed by atoms with E-state index in [-0.39, 0.29) is 16.3 Å². The first-order valence-corrected chi connectivity index (χ1v) is 8.99. The van der Waals surface area contributed by atoms with Gasteiger partial charge in [0.25, 0.3) is 17.3 Å². The smallest absolute Gasteiger partial charge is 0.279 e. The van der Waals surface area contributed by atoms with E-state index >= 15 is 0 Å². The van der Waals surface area contributed by atoms with Crippen molar-refractivity contribution in [1.29, 1.82) is 0 Å². The van der Waals surface area contributed by atoms with Gasteiger partial charge in [0.15, 0.2) is 5.13 Å². The fourth-order valence-electron chi connectivity index (χ4n) is 2.50. The quantitative estimate of drug-likeness (QED) is 0.466. The molecule has 2 aromatic carbocycles. The number of hydrogen-bond acceptors (Lipinski definition) is 7. The number of carbonyl (C=O) groups is 1. The van der Waals surface area contributed by atoms with Crippen LogP contribution in [0.3, 0.4) is 0 Å². The molecule has 28 heavy (non-hydrogen) atoms. The van der Waals surface area contributed by atoms with Gasteiger partial charge in [-0.05, 0) is 13.0 Å². The lowest BCUT2D eigenvalue weighted by Crippen LogP contribution is -2.14. The molecule has 0 saturated heterocycles. The first-order chi connectivity index (χ1) is 13.3. The van der Waals surface area contributed by atoms with Crippen LogP contribution in [0.15, 0.2) is 41.8 Å². The Morgan fingerprint density at radius 3 is 2.54 bits per heavy atom. The van der Waals surface area contributed by atoms with Crippen LogP contribution in [0.4, 0.5) is 16.5 Å². The molecule has 0 spiro atoms. The molecule has 0 unspecified atom stereocenters. The van der Waals surface area contributed by atoms with Crippen molar-refractivity contribution in [2.45, 2.75) is 6.92 Å². The van der Waals surface area contributed by atoms with E-state index in [0.29, 0.717) is 16.3 Å². The zero-order valence-corrected chi connectivity index (χ0v) is 15.8. The number of non-ortho nitro benzene ring substituents is 1. The summed E-state index contributed by atoms with van der Waals surface area (Å²) in [7, 11) is 0. The summed E-state index contributed by atoms with van der Waals surface area (Å²) in [6.45, 7) is 1.35. The largest absolute Gasteiger partial charge is 0.298 e. The maximum absolute atomic E-state index is 12.6. The van der Waals surface area contributed by atoms with Crippen LogP contribution in [-0.2, 0) is 0 Å². The second-order valence-corrected chi connectivity index (χ2v) is 6.89. The number of benzene rings is 2. The summed E-state index contributed by atoms with van der Waals surface area (Å²) in [6, 6.07) is 8.88. The van der Waals surface area contributed by atoms with Gasteiger partial charge in [-0.3, -0.25) is 30.3 Å². The molecule has 0 bridgehead atoms. The number of nitrogens with one attached hydrogen (secondary N) is 1. The van der Waals surface area contributed by atoms with Crippen LogP contribution >= 0.6 is 22.9 Å². The molecule has 0 saturated carbocycles. The van der Waals surface area contributed by atoms with E-state index in [1.807, 2.05) is 0 Å². The number of anilines is 1. The fraction of sp³-hybridized carbons (Fsp3) is 0.0588. The number of nitro groups is 2. The molecule has 0 radical (unpaired) electrons. The van der Waals surface area contributed by atoms with Gasteiger partial charge in [-0.1, -0.05) is 29.8 Å². The first-order valence-electron chi connectivity index (χ1n) is 7.73. The van der Waals surface area contributed by atoms with Crippen LogP contribution < -0.4 is 5.32 Å². The molecule has 0 aliphatic rings. The summed E-state index contributed by atoms with van der Waals surface area (Å²) < 4.78 is 0. The molecule has 1 aromatic heterocycles. The standard InChI is InChI=1S/C17H11ClN4O5S/c1-9-12(6-10(21(24)25)7-15(9)22(26)27)16(23)20-17-19-14(8-28-17)11-4-2-3-5-13(11)18/h2-8H,1H3,(H,19,20,23). The summed E-state index contributed by atoms with van der Waals surface area (Å²) in [5.41, 5.74) is 0.0377. The zero-order chi connectivity index (χ0) is 20.4. The fourth-order valence-corrected chi connectivity index (χ4v) is 3.44. The molecule has 142 valence electrons. The van der Waals surface area contributed by atoms with Crippen LogP contribution in [0, 0.1) is 27.2 Å². The minimum absolute atomic E-state index is 0.0241. The van der Waals surface area contributed by atoms with Crippen molar-refractivity contribution in [1.82, 2.24) is 4.98 Å². The third kappa shape index (κ3) is 3.82. The van der Waals surface area contributed by atoms with E-state index in [1.54, 1.807) is 29.6 Å². The molecule has 3 aromatic rings. The van der Waals surface area contributed by atoms with Crippen LogP contribution in [0.1, 0.15) is 15.9 Å². The zero-order valence-electron chi connectivity index (χ0n) is 14.2. The van der Waals surface area contributed by atoms with Crippen LogP contribution in [-0.4, -0.2) is 20.7 Å². The van der Waals surface area contributed by atoms with Gasteiger partial charge in [0.05, 0.1) is 27.2 Å². The third-order valence-corrected chi connectivity index (χ3v) is 4.98. The molecule has 0 aliphatic heterocycles. The molecular formula is C17H11ClN4O5S. The van der Waals surface area contributed by atoms with Crippen molar-refractivity contribution < 1.29 is 14.6 Å². The van der Waals surface area contributed by atoms with E-state index in [0.717, 1.165) is 23.5 Å². The van der Waals surface area contributed by atoms with Gasteiger partial charge in [0, 0.05) is 27.6 Å². The number of halogens is 1. The second kappa shape index (κ2) is 7.71. The first kappa shape index (κ1) is 19.4. The van der Waals surface area contributed by atoms with Gasteiger partial charge in [0.2, 0.25) is 0 Å². The van der Waals surface area contributed by atoms with Gasteiger partial charge >= 0.3 is 0 Å². The van der Waals surface area contributed by atoms with E-state index in [4.69, 9.17) is 11.6 Å². The highest BCUT2D eigenvalue weighted by Gasteiger charge is 2.25. The number of hydrogen-bond donors (Lipinski definition) is 1. The summed E-state index contributed by atoms with van der Waals surface area (Å²) in [4.78, 5) is 37.5. The number of thiazole rings is 1. The van der Waals surface area contributed by atoms with Gasteiger partial charge in [-0.15, -0.1) is 11.3 Å². The molecule has 9 nitrogen and oxygen atoms in total. The van der Waals surface area contributed by atoms with E-state index in [2.05, 4.69) is 10.3 Å². The maximum atomic E-state index is 12.6. The minimum atomic E-state index is -0.790. The second-order valence-electron chi connectivity index (χ2n) is 5.62. The SMILES string of the molecule is Cc1c(C(=O)Nc2nc(-c3ccccc3Cl)cs2)cc([N+](=O)[O-])cc1[N+](=O)[O-]. The lowest BCUT2D eigenvalue weighted by Gasteiger charge is -2.06. The Morgan fingerprint density at radius 1 is 1.18 bits per heavy atom. The van der Waals surface area contributed by atoms with Gasteiger partial charge in [0.1, 0.15) is 0 Å². The number of nitro benzene ring substituents is 2. The summed E-state index contributed by atoms with van der Waals surface area (Å²) in [5, 5.41) is 27.1. The maximum Gasteiger partial charge on any atom is 0.279 e. The van der Waals surface area contributed by atoms with Crippen molar-refractivity contribution in [3.63, 3.8) is 0 Å². The Bertz CT molecular complexity index is 1110. The average Bonchev–Trinajstić information content (AvgIpc) is 3.09. The number of carbonyl (C=O) groups excluding carboxylic acids is 1. The van der Waals surface area contributed by atoms with E-state index in [1.165, 1.54) is 6.92 Å². The normalized spacial score (nSPS) is 10.5. The molecular weight excluding hydrogens is 408 g/mol. The predicted octanol–water partition coefficient (Wildman–Crippen LogP) is 4.84. The molecule has 1 heterocycles. The van der Waals surface area contributed by atoms with Crippen molar-refractivity contribution in [3.05, 3.63) is 78.2 Å². The summed E-state index contributed by atoms with van der Waals surface area (Å²) in [6.07, 6.45) is 0. The molecule has 1 amide bonds. The lowest BCUT2D eigenvalue weighted by molar-refractivity contribution is -0.394. The average molecular weight is 419 g/mol. The highest BCUT2D eigenvalue weighted by molar-refractivity contribution is 7.14. The Hall–Kier alpha value is -3.37. The Morgan fingerprint density at radius 2 is 1.89 bits per heavy atom. The highest BCUT2D eigenvalue weighted by atomic mass is 35.5. The number of amides is 1. The van der Waals surface area contributed by atoms with Crippen molar-refractivity contribution in [3.8, 4) is 11.3 Å². The van der Waals surface area contributed by atoms with Gasteiger partial charge in [-0.25, -0.2) is 4.98 Å². The molecule has 0 fully saturated rings. The summed E-state index contributed by atoms with van der Waals surface area (Å²) in [5.74, 6) is -0.732. The number of nitrogens with zero attached hydrogens (tertiary/aromatic N) is 3. The summed E-state index contributed by atoms with van der Waals surface area (Å²) >= 11 is 7.27. The predicted molar refractivity (Wildman–Crippen MR) is 105 cm³/mol. The van der Waals surface area contributed by atoms with Gasteiger partial charge in [-0.2, -0.15) is 0 Å². The highest BCUT2D eigenvalue weighted by Crippen LogP contribution is 2.32. The molecule has 3 rings (SSSR count). The van der Waals surface area contributed by atoms with Crippen LogP contribution in [0.2, 0.25) is 5.02 Å². The Labute approximate surface area is 166 Å².